The number of rotatable bonds is 11. The SMILES string of the molecule is COc1ccc(C(C)(C)CO[Si](C)(C)C(C)(C)C)cc1S(=O)(=O)NC(=O)c1ccc(Cn2cccn2)c(OC)n1. The number of benzene rings is 1. The maximum absolute atomic E-state index is 13.4. The van der Waals surface area contributed by atoms with Crippen molar-refractivity contribution in [1.29, 1.82) is 0 Å². The molecule has 40 heavy (non-hydrogen) atoms. The van der Waals surface area contributed by atoms with Crippen LogP contribution in [-0.2, 0) is 26.4 Å². The number of carbonyl (C=O) groups is 1. The average molecular weight is 589 g/mol. The Morgan fingerprint density at radius 2 is 1.75 bits per heavy atom. The maximum Gasteiger partial charge on any atom is 0.283 e. The van der Waals surface area contributed by atoms with Crippen molar-refractivity contribution in [3.63, 3.8) is 0 Å². The van der Waals surface area contributed by atoms with Crippen LogP contribution in [0.4, 0.5) is 0 Å². The Kier molecular flexibility index (Phi) is 9.17. The number of sulfonamides is 1. The Bertz CT molecular complexity index is 1450. The van der Waals surface area contributed by atoms with Gasteiger partial charge in [-0.3, -0.25) is 9.48 Å². The normalized spacial score (nSPS) is 12.7. The van der Waals surface area contributed by atoms with E-state index in [-0.39, 0.29) is 27.3 Å². The van der Waals surface area contributed by atoms with Gasteiger partial charge in [0.2, 0.25) is 5.88 Å². The van der Waals surface area contributed by atoms with Gasteiger partial charge in [0.05, 0.1) is 20.8 Å². The summed E-state index contributed by atoms with van der Waals surface area (Å²) < 4.78 is 47.8. The number of hydrogen-bond donors (Lipinski definition) is 1. The predicted molar refractivity (Wildman–Crippen MR) is 156 cm³/mol. The summed E-state index contributed by atoms with van der Waals surface area (Å²) in [6.45, 7) is 15.7. The number of nitrogens with one attached hydrogen (secondary N) is 1. The quantitative estimate of drug-likeness (QED) is 0.318. The molecular formula is C28H40N4O6SSi. The van der Waals surface area contributed by atoms with Crippen LogP contribution in [0.1, 0.15) is 56.2 Å². The number of ether oxygens (including phenoxy) is 2. The van der Waals surface area contributed by atoms with Gasteiger partial charge in [-0.1, -0.05) is 40.7 Å². The van der Waals surface area contributed by atoms with E-state index in [1.54, 1.807) is 35.3 Å². The summed E-state index contributed by atoms with van der Waals surface area (Å²) in [7, 11) is -3.54. The van der Waals surface area contributed by atoms with Crippen molar-refractivity contribution in [3.8, 4) is 11.6 Å². The molecule has 1 amide bonds. The predicted octanol–water partition coefficient (Wildman–Crippen LogP) is 4.76. The third-order valence-corrected chi connectivity index (χ3v) is 13.1. The molecule has 3 aromatic rings. The molecule has 0 saturated heterocycles. The van der Waals surface area contributed by atoms with E-state index < -0.39 is 29.7 Å². The molecule has 0 radical (unpaired) electrons. The molecule has 1 N–H and O–H groups in total. The second kappa shape index (κ2) is 11.7. The van der Waals surface area contributed by atoms with Gasteiger partial charge in [-0.2, -0.15) is 5.10 Å². The first-order chi connectivity index (χ1) is 18.5. The van der Waals surface area contributed by atoms with E-state index >= 15 is 0 Å². The van der Waals surface area contributed by atoms with Gasteiger partial charge in [0.1, 0.15) is 16.3 Å². The number of nitrogens with zero attached hydrogens (tertiary/aromatic N) is 3. The third-order valence-electron chi connectivity index (χ3n) is 7.32. The lowest BCUT2D eigenvalue weighted by Gasteiger charge is -2.39. The highest BCUT2D eigenvalue weighted by Crippen LogP contribution is 2.39. The first kappa shape index (κ1) is 31.3. The molecule has 2 heterocycles. The van der Waals surface area contributed by atoms with Gasteiger partial charge in [0.25, 0.3) is 15.9 Å². The lowest BCUT2D eigenvalue weighted by Crippen LogP contribution is -2.44. The van der Waals surface area contributed by atoms with Gasteiger partial charge in [0.15, 0.2) is 8.32 Å². The van der Waals surface area contributed by atoms with E-state index in [2.05, 4.69) is 48.7 Å². The fourth-order valence-electron chi connectivity index (χ4n) is 3.66. The average Bonchev–Trinajstić information content (AvgIpc) is 3.39. The molecular weight excluding hydrogens is 548 g/mol. The highest BCUT2D eigenvalue weighted by atomic mass is 32.2. The molecule has 0 bridgehead atoms. The molecule has 0 unspecified atom stereocenters. The number of hydrogen-bond acceptors (Lipinski definition) is 8. The summed E-state index contributed by atoms with van der Waals surface area (Å²) in [5.74, 6) is -0.578. The summed E-state index contributed by atoms with van der Waals surface area (Å²) in [5.41, 5.74) is 0.808. The molecule has 0 aliphatic rings. The molecule has 0 fully saturated rings. The molecule has 10 nitrogen and oxygen atoms in total. The van der Waals surface area contributed by atoms with Crippen molar-refractivity contribution in [2.24, 2.45) is 0 Å². The zero-order chi connectivity index (χ0) is 29.9. The van der Waals surface area contributed by atoms with Gasteiger partial charge < -0.3 is 13.9 Å². The Morgan fingerprint density at radius 3 is 2.33 bits per heavy atom. The van der Waals surface area contributed by atoms with Gasteiger partial charge in [-0.05, 0) is 54.0 Å². The van der Waals surface area contributed by atoms with Crippen LogP contribution in [-0.4, -0.2) is 58.2 Å². The molecule has 218 valence electrons. The highest BCUT2D eigenvalue weighted by Gasteiger charge is 2.39. The molecule has 1 aromatic carbocycles. The minimum Gasteiger partial charge on any atom is -0.495 e. The van der Waals surface area contributed by atoms with Crippen molar-refractivity contribution in [2.75, 3.05) is 20.8 Å². The second-order valence-corrected chi connectivity index (χ2v) is 18.3. The van der Waals surface area contributed by atoms with E-state index in [0.717, 1.165) is 5.56 Å². The maximum atomic E-state index is 13.4. The molecule has 0 aliphatic carbocycles. The van der Waals surface area contributed by atoms with Crippen LogP contribution >= 0.6 is 0 Å². The van der Waals surface area contributed by atoms with Crippen LogP contribution in [0.3, 0.4) is 0 Å². The lowest BCUT2D eigenvalue weighted by atomic mass is 9.86. The highest BCUT2D eigenvalue weighted by molar-refractivity contribution is 7.90. The Labute approximate surface area is 238 Å². The standard InChI is InChI=1S/C28H40N4O6SSi/c1-27(2,3)40(8,9)38-19-28(4,5)21-12-14-23(36-6)24(17-21)39(34,35)31-25(33)22-13-11-20(26(30-22)37-7)18-32-16-10-15-29-32/h10-17H,18-19H2,1-9H3,(H,31,33). The number of amides is 1. The smallest absolute Gasteiger partial charge is 0.283 e. The molecule has 0 atom stereocenters. The number of methoxy groups -OCH3 is 2. The van der Waals surface area contributed by atoms with Gasteiger partial charge in [-0.25, -0.2) is 18.1 Å². The zero-order valence-electron chi connectivity index (χ0n) is 24.7. The minimum atomic E-state index is -4.32. The third kappa shape index (κ3) is 7.10. The minimum absolute atomic E-state index is 0.0376. The van der Waals surface area contributed by atoms with Crippen LogP contribution in [0.15, 0.2) is 53.7 Å². The number of pyridine rings is 1. The molecule has 2 aromatic heterocycles. The summed E-state index contributed by atoms with van der Waals surface area (Å²) in [5, 5.41) is 4.20. The lowest BCUT2D eigenvalue weighted by molar-refractivity contribution is 0.0975. The van der Waals surface area contributed by atoms with Crippen LogP contribution < -0.4 is 14.2 Å². The molecule has 0 saturated carbocycles. The first-order valence-electron chi connectivity index (χ1n) is 12.9. The van der Waals surface area contributed by atoms with E-state index in [1.807, 2.05) is 19.9 Å². The molecule has 0 spiro atoms. The van der Waals surface area contributed by atoms with Gasteiger partial charge in [0, 0.05) is 30.0 Å². The zero-order valence-corrected chi connectivity index (χ0v) is 26.5. The second-order valence-electron chi connectivity index (χ2n) is 11.8. The Morgan fingerprint density at radius 1 is 1.05 bits per heavy atom. The van der Waals surface area contributed by atoms with E-state index in [4.69, 9.17) is 13.9 Å². The molecule has 3 rings (SSSR count). The summed E-state index contributed by atoms with van der Waals surface area (Å²) in [6, 6.07) is 9.83. The van der Waals surface area contributed by atoms with Crippen molar-refractivity contribution < 1.29 is 27.1 Å². The van der Waals surface area contributed by atoms with Crippen molar-refractivity contribution in [1.82, 2.24) is 19.5 Å². The van der Waals surface area contributed by atoms with Crippen molar-refractivity contribution >= 4 is 24.2 Å². The van der Waals surface area contributed by atoms with E-state index in [9.17, 15) is 13.2 Å². The monoisotopic (exact) mass is 588 g/mol. The summed E-state index contributed by atoms with van der Waals surface area (Å²) >= 11 is 0. The number of aromatic nitrogens is 3. The van der Waals surface area contributed by atoms with E-state index in [0.29, 0.717) is 18.7 Å². The first-order valence-corrected chi connectivity index (χ1v) is 17.3. The van der Waals surface area contributed by atoms with Crippen LogP contribution in [0, 0.1) is 0 Å². The van der Waals surface area contributed by atoms with Crippen molar-refractivity contribution in [2.45, 2.75) is 69.6 Å². The van der Waals surface area contributed by atoms with E-state index in [1.165, 1.54) is 26.4 Å². The fraction of sp³-hybridized carbons (Fsp3) is 0.464. The van der Waals surface area contributed by atoms with Crippen LogP contribution in [0.2, 0.25) is 18.1 Å². The van der Waals surface area contributed by atoms with Gasteiger partial charge >= 0.3 is 0 Å². The largest absolute Gasteiger partial charge is 0.495 e. The Hall–Kier alpha value is -3.22. The fourth-order valence-corrected chi connectivity index (χ4v) is 5.97. The summed E-state index contributed by atoms with van der Waals surface area (Å²) in [4.78, 5) is 17.1. The molecule has 0 aliphatic heterocycles. The Balaban J connectivity index is 1.86. The number of carbonyl (C=O) groups excluding carboxylic acids is 1. The van der Waals surface area contributed by atoms with Crippen molar-refractivity contribution in [3.05, 3.63) is 65.6 Å². The summed E-state index contributed by atoms with van der Waals surface area (Å²) in [6.07, 6.45) is 3.44. The van der Waals surface area contributed by atoms with Crippen LogP contribution in [0.25, 0.3) is 0 Å². The molecule has 12 heteroatoms. The van der Waals surface area contributed by atoms with Gasteiger partial charge in [-0.15, -0.1) is 0 Å². The van der Waals surface area contributed by atoms with Crippen LogP contribution in [0.5, 0.6) is 11.6 Å². The topological polar surface area (TPSA) is 122 Å².